The third kappa shape index (κ3) is 5.79. The number of hydrazone groups is 1. The highest BCUT2D eigenvalue weighted by atomic mass is 16.5. The van der Waals surface area contributed by atoms with Crippen molar-refractivity contribution in [3.05, 3.63) is 71.3 Å². The molecule has 0 radical (unpaired) electrons. The monoisotopic (exact) mass is 308 g/mol. The summed E-state index contributed by atoms with van der Waals surface area (Å²) in [5.41, 5.74) is 5.81. The Balaban J connectivity index is 1.73. The largest absolute Gasteiger partial charge is 0.484 e. The van der Waals surface area contributed by atoms with Gasteiger partial charge in [0.25, 0.3) is 5.91 Å². The minimum Gasteiger partial charge on any atom is -0.484 e. The minimum atomic E-state index is -0.299. The summed E-state index contributed by atoms with van der Waals surface area (Å²) in [6.07, 6.45) is 5.20. The van der Waals surface area contributed by atoms with E-state index >= 15 is 0 Å². The fourth-order valence-corrected chi connectivity index (χ4v) is 1.86. The Morgan fingerprint density at radius 1 is 1.13 bits per heavy atom. The van der Waals surface area contributed by atoms with Crippen LogP contribution in [-0.4, -0.2) is 18.7 Å². The lowest BCUT2D eigenvalue weighted by molar-refractivity contribution is -0.123. The number of hydrogen-bond acceptors (Lipinski definition) is 3. The van der Waals surface area contributed by atoms with Crippen molar-refractivity contribution in [3.8, 4) is 5.75 Å². The molecule has 0 atom stereocenters. The summed E-state index contributed by atoms with van der Waals surface area (Å²) in [5, 5.41) is 3.84. The van der Waals surface area contributed by atoms with Gasteiger partial charge in [-0.05, 0) is 48.7 Å². The van der Waals surface area contributed by atoms with Crippen molar-refractivity contribution in [3.63, 3.8) is 0 Å². The molecule has 4 nitrogen and oxygen atoms in total. The van der Waals surface area contributed by atoms with E-state index in [0.717, 1.165) is 11.1 Å². The Kier molecular flexibility index (Phi) is 6.12. The van der Waals surface area contributed by atoms with Crippen LogP contribution in [0.3, 0.4) is 0 Å². The van der Waals surface area contributed by atoms with E-state index in [1.807, 2.05) is 68.5 Å². The maximum Gasteiger partial charge on any atom is 0.277 e. The molecular formula is C19H20N2O2. The summed E-state index contributed by atoms with van der Waals surface area (Å²) in [5.74, 6) is 0.379. The molecular weight excluding hydrogens is 288 g/mol. The molecule has 0 aliphatic carbocycles. The van der Waals surface area contributed by atoms with Gasteiger partial charge in [0.2, 0.25) is 0 Å². The summed E-state index contributed by atoms with van der Waals surface area (Å²) >= 11 is 0. The summed E-state index contributed by atoms with van der Waals surface area (Å²) in [4.78, 5) is 11.6. The molecule has 0 aliphatic heterocycles. The number of hydrogen-bond donors (Lipinski definition) is 1. The summed E-state index contributed by atoms with van der Waals surface area (Å²) in [6, 6.07) is 15.6. The molecule has 0 fully saturated rings. The number of benzene rings is 2. The molecule has 1 N–H and O–H groups in total. The zero-order valence-corrected chi connectivity index (χ0v) is 13.3. The summed E-state index contributed by atoms with van der Waals surface area (Å²) in [7, 11) is 0. The fraction of sp³-hybridized carbons (Fsp3) is 0.158. The number of nitrogens with one attached hydrogen (secondary N) is 1. The topological polar surface area (TPSA) is 50.7 Å². The van der Waals surface area contributed by atoms with E-state index in [9.17, 15) is 4.79 Å². The molecule has 0 bridgehead atoms. The van der Waals surface area contributed by atoms with Gasteiger partial charge in [-0.3, -0.25) is 4.79 Å². The van der Waals surface area contributed by atoms with Crippen LogP contribution in [0.1, 0.15) is 16.7 Å². The van der Waals surface area contributed by atoms with E-state index in [2.05, 4.69) is 10.5 Å². The Labute approximate surface area is 136 Å². The summed E-state index contributed by atoms with van der Waals surface area (Å²) in [6.45, 7) is 3.97. The average Bonchev–Trinajstić information content (AvgIpc) is 2.56. The number of carbonyl (C=O) groups is 1. The van der Waals surface area contributed by atoms with Gasteiger partial charge in [0.1, 0.15) is 5.75 Å². The molecule has 23 heavy (non-hydrogen) atoms. The van der Waals surface area contributed by atoms with Crippen molar-refractivity contribution in [1.82, 2.24) is 5.43 Å². The van der Waals surface area contributed by atoms with Crippen LogP contribution >= 0.6 is 0 Å². The lowest BCUT2D eigenvalue weighted by Crippen LogP contribution is -2.24. The van der Waals surface area contributed by atoms with Crippen molar-refractivity contribution >= 4 is 18.2 Å². The number of amides is 1. The molecule has 118 valence electrons. The Bertz CT molecular complexity index is 707. The van der Waals surface area contributed by atoms with Crippen LogP contribution in [0.15, 0.2) is 59.7 Å². The molecule has 1 amide bonds. The van der Waals surface area contributed by atoms with Crippen molar-refractivity contribution in [2.45, 2.75) is 13.8 Å². The van der Waals surface area contributed by atoms with E-state index < -0.39 is 0 Å². The smallest absolute Gasteiger partial charge is 0.277 e. The second-order valence-corrected chi connectivity index (χ2v) is 5.12. The van der Waals surface area contributed by atoms with Crippen LogP contribution in [0.4, 0.5) is 0 Å². The normalized spacial score (nSPS) is 11.0. The third-order valence-electron chi connectivity index (χ3n) is 3.29. The van der Waals surface area contributed by atoms with Crippen molar-refractivity contribution < 1.29 is 9.53 Å². The van der Waals surface area contributed by atoms with Crippen LogP contribution in [0.2, 0.25) is 0 Å². The van der Waals surface area contributed by atoms with Crippen LogP contribution in [0, 0.1) is 13.8 Å². The van der Waals surface area contributed by atoms with Crippen LogP contribution in [0.25, 0.3) is 6.08 Å². The fourth-order valence-electron chi connectivity index (χ4n) is 1.86. The first-order valence-corrected chi connectivity index (χ1v) is 7.39. The number of allylic oxidation sites excluding steroid dienone is 1. The Morgan fingerprint density at radius 3 is 2.65 bits per heavy atom. The lowest BCUT2D eigenvalue weighted by atomic mass is 10.1. The van der Waals surface area contributed by atoms with E-state index in [4.69, 9.17) is 4.74 Å². The molecule has 2 aromatic rings. The highest BCUT2D eigenvalue weighted by Gasteiger charge is 2.02. The molecule has 0 saturated heterocycles. The second-order valence-electron chi connectivity index (χ2n) is 5.12. The highest BCUT2D eigenvalue weighted by molar-refractivity contribution is 5.81. The van der Waals surface area contributed by atoms with Gasteiger partial charge < -0.3 is 4.74 Å². The van der Waals surface area contributed by atoms with Gasteiger partial charge in [-0.2, -0.15) is 5.10 Å². The van der Waals surface area contributed by atoms with Gasteiger partial charge in [0, 0.05) is 6.21 Å². The van der Waals surface area contributed by atoms with Gasteiger partial charge in [-0.25, -0.2) is 5.43 Å². The number of rotatable bonds is 6. The first-order valence-electron chi connectivity index (χ1n) is 7.39. The van der Waals surface area contributed by atoms with Gasteiger partial charge in [-0.15, -0.1) is 0 Å². The van der Waals surface area contributed by atoms with Gasteiger partial charge in [-0.1, -0.05) is 42.5 Å². The van der Waals surface area contributed by atoms with Crippen molar-refractivity contribution in [2.24, 2.45) is 5.10 Å². The van der Waals surface area contributed by atoms with Crippen molar-refractivity contribution in [2.75, 3.05) is 6.61 Å². The Morgan fingerprint density at radius 2 is 1.91 bits per heavy atom. The van der Waals surface area contributed by atoms with Gasteiger partial charge in [0.05, 0.1) is 0 Å². The molecule has 0 aromatic heterocycles. The van der Waals surface area contributed by atoms with Gasteiger partial charge >= 0.3 is 0 Å². The molecule has 0 saturated carbocycles. The first kappa shape index (κ1) is 16.5. The maximum atomic E-state index is 11.6. The maximum absolute atomic E-state index is 11.6. The quantitative estimate of drug-likeness (QED) is 0.656. The molecule has 0 aliphatic rings. The number of nitrogens with zero attached hydrogens (tertiary/aromatic N) is 1. The standard InChI is InChI=1S/C19H20N2O2/c1-15-10-11-18(13-16(15)2)23-14-19(22)21-20-12-6-9-17-7-4-3-5-8-17/h3-13H,14H2,1-2H3,(H,21,22). The van der Waals surface area contributed by atoms with Gasteiger partial charge in [0.15, 0.2) is 6.61 Å². The number of ether oxygens (including phenoxy) is 1. The zero-order valence-electron chi connectivity index (χ0n) is 13.3. The van der Waals surface area contributed by atoms with Crippen LogP contribution in [-0.2, 0) is 4.79 Å². The molecule has 0 heterocycles. The SMILES string of the molecule is Cc1ccc(OCC(=O)NN=CC=Cc2ccccc2)cc1C. The van der Waals surface area contributed by atoms with E-state index in [1.54, 1.807) is 6.08 Å². The van der Waals surface area contributed by atoms with Crippen molar-refractivity contribution in [1.29, 1.82) is 0 Å². The number of carbonyl (C=O) groups excluding carboxylic acids is 1. The molecule has 2 aromatic carbocycles. The molecule has 0 unspecified atom stereocenters. The van der Waals surface area contributed by atoms with E-state index in [1.165, 1.54) is 11.8 Å². The average molecular weight is 308 g/mol. The first-order chi connectivity index (χ1) is 11.1. The molecule has 2 rings (SSSR count). The predicted molar refractivity (Wildman–Crippen MR) is 93.5 cm³/mol. The minimum absolute atomic E-state index is 0.0672. The lowest BCUT2D eigenvalue weighted by Gasteiger charge is -2.07. The van der Waals surface area contributed by atoms with E-state index in [0.29, 0.717) is 5.75 Å². The van der Waals surface area contributed by atoms with E-state index in [-0.39, 0.29) is 12.5 Å². The highest BCUT2D eigenvalue weighted by Crippen LogP contribution is 2.16. The second kappa shape index (κ2) is 8.54. The zero-order chi connectivity index (χ0) is 16.5. The third-order valence-corrected chi connectivity index (χ3v) is 3.29. The molecule has 4 heteroatoms. The summed E-state index contributed by atoms with van der Waals surface area (Å²) < 4.78 is 5.43. The van der Waals surface area contributed by atoms with Crippen LogP contribution < -0.4 is 10.2 Å². The number of aryl methyl sites for hydroxylation is 2. The Hall–Kier alpha value is -2.88. The predicted octanol–water partition coefficient (Wildman–Crippen LogP) is 3.50. The molecule has 0 spiro atoms. The van der Waals surface area contributed by atoms with Crippen LogP contribution in [0.5, 0.6) is 5.75 Å².